The highest BCUT2D eigenvalue weighted by atomic mass is 16.3. The normalized spacial score (nSPS) is 24.3. The number of nitrogens with one attached hydrogen (secondary N) is 2. The first-order valence-electron chi connectivity index (χ1n) is 6.49. The van der Waals surface area contributed by atoms with Gasteiger partial charge in [-0.25, -0.2) is 15.2 Å². The van der Waals surface area contributed by atoms with E-state index in [-0.39, 0.29) is 24.1 Å². The van der Waals surface area contributed by atoms with Crippen LogP contribution >= 0.6 is 0 Å². The first kappa shape index (κ1) is 13.2. The summed E-state index contributed by atoms with van der Waals surface area (Å²) in [5, 5.41) is 16.7. The van der Waals surface area contributed by atoms with Crippen LogP contribution in [0.2, 0.25) is 0 Å². The van der Waals surface area contributed by atoms with Crippen molar-refractivity contribution in [2.75, 3.05) is 14.1 Å². The fourth-order valence-electron chi connectivity index (χ4n) is 2.35. The number of phenolic OH excluding ortho intramolecular Hbond substituents is 1. The van der Waals surface area contributed by atoms with Gasteiger partial charge in [-0.05, 0) is 12.1 Å². The van der Waals surface area contributed by atoms with Crippen molar-refractivity contribution < 1.29 is 9.90 Å². The van der Waals surface area contributed by atoms with Gasteiger partial charge in [-0.1, -0.05) is 12.1 Å². The maximum Gasteiger partial charge on any atom is 0.323 e. The Morgan fingerprint density at radius 2 is 2.14 bits per heavy atom. The molecule has 0 spiro atoms. The number of likely N-dealkylation sites (N-methyl/N-ethyl adjacent to an activating group) is 2. The van der Waals surface area contributed by atoms with E-state index < -0.39 is 0 Å². The van der Waals surface area contributed by atoms with Crippen LogP contribution in [0.25, 0.3) is 0 Å². The van der Waals surface area contributed by atoms with Crippen molar-refractivity contribution in [1.82, 2.24) is 20.5 Å². The molecular formula is C13H16N6O2. The van der Waals surface area contributed by atoms with Gasteiger partial charge in [0.25, 0.3) is 0 Å². The van der Waals surface area contributed by atoms with E-state index in [9.17, 15) is 9.90 Å². The quantitative estimate of drug-likeness (QED) is 0.524. The molecular weight excluding hydrogens is 272 g/mol. The average Bonchev–Trinajstić information content (AvgIpc) is 2.98. The van der Waals surface area contributed by atoms with Gasteiger partial charge in [0, 0.05) is 19.7 Å². The van der Waals surface area contributed by atoms with Gasteiger partial charge in [-0.15, -0.1) is 0 Å². The Kier molecular flexibility index (Phi) is 3.13. The third kappa shape index (κ3) is 2.24. The maximum absolute atomic E-state index is 11.7. The predicted octanol–water partition coefficient (Wildman–Crippen LogP) is -0.0757. The Labute approximate surface area is 121 Å². The number of nitrogens with zero attached hydrogens (tertiary/aromatic N) is 4. The molecule has 2 aliphatic rings. The van der Waals surface area contributed by atoms with Crippen molar-refractivity contribution in [3.8, 4) is 5.75 Å². The molecule has 0 aliphatic carbocycles. The summed E-state index contributed by atoms with van der Waals surface area (Å²) in [7, 11) is 3.43. The highest BCUT2D eigenvalue weighted by molar-refractivity contribution is 5.88. The smallest absolute Gasteiger partial charge is 0.323 e. The van der Waals surface area contributed by atoms with E-state index in [1.165, 1.54) is 6.21 Å². The van der Waals surface area contributed by atoms with Crippen molar-refractivity contribution in [2.45, 2.75) is 12.3 Å². The van der Waals surface area contributed by atoms with Gasteiger partial charge in [-0.2, -0.15) is 5.10 Å². The number of carbonyl (C=O) groups is 1. The van der Waals surface area contributed by atoms with E-state index in [1.54, 1.807) is 42.1 Å². The largest absolute Gasteiger partial charge is 0.507 e. The minimum absolute atomic E-state index is 0.0713. The Balaban J connectivity index is 1.66. The molecule has 21 heavy (non-hydrogen) atoms. The number of aliphatic imine (C=N–C) groups is 1. The van der Waals surface area contributed by atoms with Crippen LogP contribution < -0.4 is 10.7 Å². The van der Waals surface area contributed by atoms with E-state index in [1.807, 2.05) is 6.07 Å². The Morgan fingerprint density at radius 3 is 2.86 bits per heavy atom. The molecule has 2 heterocycles. The summed E-state index contributed by atoms with van der Waals surface area (Å²) in [5.74, 6) is 0.647. The first-order chi connectivity index (χ1) is 10.1. The molecule has 2 atom stereocenters. The summed E-state index contributed by atoms with van der Waals surface area (Å²) in [6.07, 6.45) is 1.06. The number of benzene rings is 1. The zero-order chi connectivity index (χ0) is 15.0. The van der Waals surface area contributed by atoms with E-state index in [0.29, 0.717) is 11.5 Å². The molecule has 2 aliphatic heterocycles. The molecule has 1 fully saturated rings. The van der Waals surface area contributed by atoms with Crippen molar-refractivity contribution in [3.63, 3.8) is 0 Å². The second-order valence-electron chi connectivity index (χ2n) is 4.91. The zero-order valence-corrected chi connectivity index (χ0v) is 11.7. The molecule has 0 aromatic heterocycles. The monoisotopic (exact) mass is 288 g/mol. The topological polar surface area (TPSA) is 92.6 Å². The Hall–Kier alpha value is -2.77. The first-order valence-corrected chi connectivity index (χ1v) is 6.49. The van der Waals surface area contributed by atoms with E-state index in [4.69, 9.17) is 0 Å². The number of amides is 2. The van der Waals surface area contributed by atoms with Crippen LogP contribution in [0.1, 0.15) is 5.56 Å². The van der Waals surface area contributed by atoms with Gasteiger partial charge in [0.2, 0.25) is 5.96 Å². The molecule has 3 rings (SSSR count). The lowest BCUT2D eigenvalue weighted by Crippen LogP contribution is -2.45. The minimum atomic E-state index is -0.259. The second kappa shape index (κ2) is 4.97. The van der Waals surface area contributed by atoms with Crippen LogP contribution in [0.5, 0.6) is 5.75 Å². The van der Waals surface area contributed by atoms with Gasteiger partial charge in [-0.3, -0.25) is 0 Å². The van der Waals surface area contributed by atoms with Gasteiger partial charge < -0.3 is 20.2 Å². The third-order valence-corrected chi connectivity index (χ3v) is 3.56. The molecule has 8 nitrogen and oxygen atoms in total. The van der Waals surface area contributed by atoms with Crippen LogP contribution in [-0.4, -0.2) is 59.5 Å². The van der Waals surface area contributed by atoms with Crippen molar-refractivity contribution >= 4 is 18.2 Å². The summed E-state index contributed by atoms with van der Waals surface area (Å²) in [6, 6.07) is 6.82. The number of fused-ring (bicyclic) bond motifs is 1. The van der Waals surface area contributed by atoms with Crippen LogP contribution in [-0.2, 0) is 0 Å². The second-order valence-corrected chi connectivity index (χ2v) is 4.91. The lowest BCUT2D eigenvalue weighted by atomic mass is 10.2. The van der Waals surface area contributed by atoms with Crippen LogP contribution in [0.3, 0.4) is 0 Å². The van der Waals surface area contributed by atoms with Crippen molar-refractivity contribution in [3.05, 3.63) is 29.8 Å². The van der Waals surface area contributed by atoms with Gasteiger partial charge >= 0.3 is 6.03 Å². The number of hydrogen-bond donors (Lipinski definition) is 3. The summed E-state index contributed by atoms with van der Waals surface area (Å²) in [5.41, 5.74) is 3.38. The molecule has 8 heteroatoms. The summed E-state index contributed by atoms with van der Waals surface area (Å²) >= 11 is 0. The molecule has 2 amide bonds. The fourth-order valence-corrected chi connectivity index (χ4v) is 2.35. The molecule has 2 unspecified atom stereocenters. The number of aromatic hydroxyl groups is 1. The van der Waals surface area contributed by atoms with Gasteiger partial charge in [0.05, 0.1) is 6.21 Å². The number of guanidine groups is 1. The SMILES string of the molecule is CN1C(=O)N(C)C2NC(N/N=C/c3ccccc3O)=NC21. The van der Waals surface area contributed by atoms with Gasteiger partial charge in [0.15, 0.2) is 6.17 Å². The van der Waals surface area contributed by atoms with Crippen molar-refractivity contribution in [1.29, 1.82) is 0 Å². The number of phenols is 1. The maximum atomic E-state index is 11.7. The number of hydrazone groups is 1. The molecule has 0 saturated carbocycles. The van der Waals surface area contributed by atoms with E-state index >= 15 is 0 Å². The number of hydrogen-bond acceptors (Lipinski definition) is 6. The van der Waals surface area contributed by atoms with Crippen LogP contribution in [0.15, 0.2) is 34.4 Å². The molecule has 1 saturated heterocycles. The molecule has 1 aromatic rings. The Morgan fingerprint density at radius 1 is 1.38 bits per heavy atom. The number of rotatable bonds is 2. The van der Waals surface area contributed by atoms with E-state index in [0.717, 1.165) is 0 Å². The molecule has 1 aromatic carbocycles. The number of urea groups is 1. The van der Waals surface area contributed by atoms with E-state index in [2.05, 4.69) is 20.8 Å². The number of para-hydroxylation sites is 1. The molecule has 110 valence electrons. The fraction of sp³-hybridized carbons (Fsp3) is 0.308. The molecule has 0 bridgehead atoms. The Bertz CT molecular complexity index is 629. The molecule has 3 N–H and O–H groups in total. The van der Waals surface area contributed by atoms with Crippen LogP contribution in [0, 0.1) is 0 Å². The number of carbonyl (C=O) groups excluding carboxylic acids is 1. The standard InChI is InChI=1S/C13H16N6O2/c1-18-10-11(19(2)13(18)21)16-12(15-10)17-14-7-8-5-3-4-6-9(8)20/h3-7,10-11,20H,1-2H3,(H2,15,16,17)/b14-7+. The molecule has 0 radical (unpaired) electrons. The van der Waals surface area contributed by atoms with Crippen LogP contribution in [0.4, 0.5) is 4.79 Å². The summed E-state index contributed by atoms with van der Waals surface area (Å²) < 4.78 is 0. The summed E-state index contributed by atoms with van der Waals surface area (Å²) in [6.45, 7) is 0. The average molecular weight is 288 g/mol. The summed E-state index contributed by atoms with van der Waals surface area (Å²) in [4.78, 5) is 19.3. The lowest BCUT2D eigenvalue weighted by Gasteiger charge is -2.16. The van der Waals surface area contributed by atoms with Gasteiger partial charge in [0.1, 0.15) is 11.9 Å². The zero-order valence-electron chi connectivity index (χ0n) is 11.7. The lowest BCUT2D eigenvalue weighted by molar-refractivity contribution is 0.198. The van der Waals surface area contributed by atoms with Crippen molar-refractivity contribution in [2.24, 2.45) is 10.1 Å². The predicted molar refractivity (Wildman–Crippen MR) is 77.9 cm³/mol. The highest BCUT2D eigenvalue weighted by Gasteiger charge is 2.45. The highest BCUT2D eigenvalue weighted by Crippen LogP contribution is 2.22. The third-order valence-electron chi connectivity index (χ3n) is 3.56. The minimum Gasteiger partial charge on any atom is -0.507 e.